The first kappa shape index (κ1) is 11.5. The van der Waals surface area contributed by atoms with Gasteiger partial charge < -0.3 is 10.3 Å². The molecule has 0 saturated carbocycles. The van der Waals surface area contributed by atoms with Crippen LogP contribution in [0.15, 0.2) is 55.0 Å². The number of fused-ring (bicyclic) bond motifs is 1. The Bertz CT molecular complexity index is 703. The Morgan fingerprint density at radius 1 is 1.26 bits per heavy atom. The lowest BCUT2D eigenvalue weighted by Crippen LogP contribution is -2.22. The predicted molar refractivity (Wildman–Crippen MR) is 73.7 cm³/mol. The van der Waals surface area contributed by atoms with Gasteiger partial charge in [0.25, 0.3) is 5.91 Å². The van der Waals surface area contributed by atoms with Crippen molar-refractivity contribution in [1.29, 1.82) is 0 Å². The Labute approximate surface area is 110 Å². The van der Waals surface area contributed by atoms with Gasteiger partial charge in [-0.1, -0.05) is 12.1 Å². The van der Waals surface area contributed by atoms with E-state index in [1.807, 2.05) is 42.6 Å². The molecular formula is C15H13N3O. The van der Waals surface area contributed by atoms with Gasteiger partial charge in [0.15, 0.2) is 0 Å². The van der Waals surface area contributed by atoms with E-state index in [1.165, 1.54) is 0 Å². The average Bonchev–Trinajstić information content (AvgIpc) is 2.93. The Kier molecular flexibility index (Phi) is 2.98. The Balaban J connectivity index is 1.73. The van der Waals surface area contributed by atoms with Crippen molar-refractivity contribution in [1.82, 2.24) is 15.3 Å². The summed E-state index contributed by atoms with van der Waals surface area (Å²) in [6, 6.07) is 11.4. The summed E-state index contributed by atoms with van der Waals surface area (Å²) in [5.74, 6) is -0.0830. The highest BCUT2D eigenvalue weighted by Gasteiger charge is 2.06. The zero-order valence-electron chi connectivity index (χ0n) is 10.3. The molecule has 0 fully saturated rings. The van der Waals surface area contributed by atoms with Crippen molar-refractivity contribution < 1.29 is 4.79 Å². The van der Waals surface area contributed by atoms with Crippen LogP contribution in [0.25, 0.3) is 10.9 Å². The molecule has 0 radical (unpaired) electrons. The molecule has 2 N–H and O–H groups in total. The molecule has 2 heterocycles. The number of benzene rings is 1. The van der Waals surface area contributed by atoms with E-state index >= 15 is 0 Å². The molecule has 3 rings (SSSR count). The molecule has 0 atom stereocenters. The third-order valence-corrected chi connectivity index (χ3v) is 2.99. The maximum Gasteiger partial charge on any atom is 0.251 e. The Morgan fingerprint density at radius 2 is 2.21 bits per heavy atom. The fourth-order valence-corrected chi connectivity index (χ4v) is 1.98. The van der Waals surface area contributed by atoms with Gasteiger partial charge in [0, 0.05) is 36.2 Å². The van der Waals surface area contributed by atoms with Gasteiger partial charge in [0.1, 0.15) is 0 Å². The number of hydrogen-bond donors (Lipinski definition) is 2. The lowest BCUT2D eigenvalue weighted by Gasteiger charge is -2.05. The van der Waals surface area contributed by atoms with Crippen molar-refractivity contribution >= 4 is 16.8 Å². The highest BCUT2D eigenvalue weighted by Crippen LogP contribution is 2.14. The number of rotatable bonds is 3. The van der Waals surface area contributed by atoms with Crippen molar-refractivity contribution in [2.24, 2.45) is 0 Å². The largest absolute Gasteiger partial charge is 0.361 e. The number of aromatic nitrogens is 2. The summed E-state index contributed by atoms with van der Waals surface area (Å²) in [5.41, 5.74) is 2.60. The maximum absolute atomic E-state index is 12.0. The van der Waals surface area contributed by atoms with Crippen LogP contribution >= 0.6 is 0 Å². The van der Waals surface area contributed by atoms with Gasteiger partial charge in [-0.2, -0.15) is 0 Å². The molecule has 0 unspecified atom stereocenters. The standard InChI is InChI=1S/C15H13N3O/c19-15(18-10-11-2-1-6-16-9-11)13-4-3-12-5-7-17-14(12)8-13/h1-9,17H,10H2,(H,18,19). The van der Waals surface area contributed by atoms with Crippen molar-refractivity contribution in [3.8, 4) is 0 Å². The lowest BCUT2D eigenvalue weighted by molar-refractivity contribution is 0.0951. The van der Waals surface area contributed by atoms with Crippen molar-refractivity contribution in [3.05, 3.63) is 66.1 Å². The number of carbonyl (C=O) groups is 1. The SMILES string of the molecule is O=C(NCc1cccnc1)c1ccc2cc[nH]c2c1. The topological polar surface area (TPSA) is 57.8 Å². The molecule has 0 aliphatic heterocycles. The summed E-state index contributed by atoms with van der Waals surface area (Å²) in [7, 11) is 0. The van der Waals surface area contributed by atoms with Crippen LogP contribution in [-0.4, -0.2) is 15.9 Å². The molecular weight excluding hydrogens is 238 g/mol. The van der Waals surface area contributed by atoms with Gasteiger partial charge in [-0.05, 0) is 35.2 Å². The molecule has 0 bridgehead atoms. The van der Waals surface area contributed by atoms with Gasteiger partial charge in [0.2, 0.25) is 0 Å². The normalized spacial score (nSPS) is 10.5. The molecule has 3 aromatic rings. The van der Waals surface area contributed by atoms with Crippen LogP contribution in [-0.2, 0) is 6.54 Å². The van der Waals surface area contributed by atoms with E-state index in [0.29, 0.717) is 12.1 Å². The molecule has 4 nitrogen and oxygen atoms in total. The van der Waals surface area contributed by atoms with Crippen LogP contribution in [0.5, 0.6) is 0 Å². The minimum absolute atomic E-state index is 0.0830. The molecule has 94 valence electrons. The lowest BCUT2D eigenvalue weighted by atomic mass is 10.1. The van der Waals surface area contributed by atoms with E-state index < -0.39 is 0 Å². The monoisotopic (exact) mass is 251 g/mol. The molecule has 1 amide bonds. The smallest absolute Gasteiger partial charge is 0.251 e. The summed E-state index contributed by atoms with van der Waals surface area (Å²) >= 11 is 0. The van der Waals surface area contributed by atoms with Gasteiger partial charge >= 0.3 is 0 Å². The van der Waals surface area contributed by atoms with Crippen molar-refractivity contribution in [3.63, 3.8) is 0 Å². The zero-order valence-corrected chi connectivity index (χ0v) is 10.3. The maximum atomic E-state index is 12.0. The molecule has 19 heavy (non-hydrogen) atoms. The average molecular weight is 251 g/mol. The van der Waals surface area contributed by atoms with Gasteiger partial charge in [-0.15, -0.1) is 0 Å². The van der Waals surface area contributed by atoms with Crippen LogP contribution in [0, 0.1) is 0 Å². The van der Waals surface area contributed by atoms with E-state index in [0.717, 1.165) is 16.5 Å². The minimum atomic E-state index is -0.0830. The highest BCUT2D eigenvalue weighted by atomic mass is 16.1. The van der Waals surface area contributed by atoms with E-state index in [2.05, 4.69) is 15.3 Å². The number of hydrogen-bond acceptors (Lipinski definition) is 2. The van der Waals surface area contributed by atoms with Gasteiger partial charge in [-0.3, -0.25) is 9.78 Å². The van der Waals surface area contributed by atoms with Gasteiger partial charge in [0.05, 0.1) is 0 Å². The molecule has 0 aliphatic carbocycles. The molecule has 0 aliphatic rings. The van der Waals surface area contributed by atoms with E-state index in [-0.39, 0.29) is 5.91 Å². The summed E-state index contributed by atoms with van der Waals surface area (Å²) in [4.78, 5) is 19.1. The second kappa shape index (κ2) is 4.94. The first-order chi connectivity index (χ1) is 9.33. The second-order valence-electron chi connectivity index (χ2n) is 4.32. The number of nitrogens with zero attached hydrogens (tertiary/aromatic N) is 1. The second-order valence-corrected chi connectivity index (χ2v) is 4.32. The van der Waals surface area contributed by atoms with Crippen molar-refractivity contribution in [2.45, 2.75) is 6.54 Å². The first-order valence-corrected chi connectivity index (χ1v) is 6.07. The molecule has 4 heteroatoms. The van der Waals surface area contributed by atoms with E-state index in [4.69, 9.17) is 0 Å². The highest BCUT2D eigenvalue weighted by molar-refractivity contribution is 5.97. The number of nitrogens with one attached hydrogen (secondary N) is 2. The fraction of sp³-hybridized carbons (Fsp3) is 0.0667. The van der Waals surface area contributed by atoms with Crippen LogP contribution in [0.4, 0.5) is 0 Å². The van der Waals surface area contributed by atoms with E-state index in [1.54, 1.807) is 12.4 Å². The first-order valence-electron chi connectivity index (χ1n) is 6.07. The van der Waals surface area contributed by atoms with Crippen LogP contribution in [0.1, 0.15) is 15.9 Å². The van der Waals surface area contributed by atoms with Crippen LogP contribution in [0.3, 0.4) is 0 Å². The van der Waals surface area contributed by atoms with Crippen LogP contribution in [0.2, 0.25) is 0 Å². The van der Waals surface area contributed by atoms with Gasteiger partial charge in [-0.25, -0.2) is 0 Å². The molecule has 0 spiro atoms. The van der Waals surface area contributed by atoms with Crippen LogP contribution < -0.4 is 5.32 Å². The number of aromatic amines is 1. The summed E-state index contributed by atoms with van der Waals surface area (Å²) in [6.07, 6.45) is 5.32. The number of carbonyl (C=O) groups excluding carboxylic acids is 1. The Hall–Kier alpha value is -2.62. The number of H-pyrrole nitrogens is 1. The summed E-state index contributed by atoms with van der Waals surface area (Å²) in [5, 5.41) is 3.98. The molecule has 0 saturated heterocycles. The summed E-state index contributed by atoms with van der Waals surface area (Å²) < 4.78 is 0. The minimum Gasteiger partial charge on any atom is -0.361 e. The van der Waals surface area contributed by atoms with Crippen molar-refractivity contribution in [2.75, 3.05) is 0 Å². The zero-order chi connectivity index (χ0) is 13.1. The Morgan fingerprint density at radius 3 is 3.05 bits per heavy atom. The summed E-state index contributed by atoms with van der Waals surface area (Å²) in [6.45, 7) is 0.482. The van der Waals surface area contributed by atoms with E-state index in [9.17, 15) is 4.79 Å². The molecule has 2 aromatic heterocycles. The fourth-order valence-electron chi connectivity index (χ4n) is 1.98. The quantitative estimate of drug-likeness (QED) is 0.751. The third kappa shape index (κ3) is 2.47. The molecule has 1 aromatic carbocycles. The predicted octanol–water partition coefficient (Wildman–Crippen LogP) is 2.49. The number of amides is 1. The number of pyridine rings is 1. The third-order valence-electron chi connectivity index (χ3n) is 2.99.